The van der Waals surface area contributed by atoms with Crippen LogP contribution in [0.2, 0.25) is 4.82 Å². The first-order valence-corrected chi connectivity index (χ1v) is 11.0. The second-order valence-corrected chi connectivity index (χ2v) is 10.0. The zero-order chi connectivity index (χ0) is 20.1. The maximum atomic E-state index is 12.9. The Hall–Kier alpha value is -1.09. The molecule has 0 saturated carbocycles. The number of rotatable bonds is 7. The van der Waals surface area contributed by atoms with Crippen molar-refractivity contribution in [3.8, 4) is 0 Å². The van der Waals surface area contributed by atoms with Crippen LogP contribution in [-0.2, 0) is 9.53 Å². The molecule has 0 aliphatic rings. The van der Waals surface area contributed by atoms with E-state index < -0.39 is 38.2 Å². The first-order valence-electron chi connectivity index (χ1n) is 8.06. The number of hydrogen-bond acceptors (Lipinski definition) is 2. The van der Waals surface area contributed by atoms with Crippen molar-refractivity contribution in [3.05, 3.63) is 58.2 Å². The standard InChI is InChI=1S/C19H19F3INO2Se/c1-18(2,26-12-19(20,21)22)16(27-15-6-4-3-5-7-15)17(25)24-14-10-8-13(23)9-11-14/h3-11,16H,12H2,1-2H3,(H,24,25). The van der Waals surface area contributed by atoms with Gasteiger partial charge >= 0.3 is 177 Å². The van der Waals surface area contributed by atoms with Gasteiger partial charge in [0.2, 0.25) is 0 Å². The second kappa shape index (κ2) is 9.41. The van der Waals surface area contributed by atoms with Crippen LogP contribution < -0.4 is 9.78 Å². The molecule has 0 fully saturated rings. The van der Waals surface area contributed by atoms with E-state index in [1.165, 1.54) is 13.8 Å². The molecule has 27 heavy (non-hydrogen) atoms. The number of ether oxygens (including phenoxy) is 1. The molecular formula is C19H19F3INO2Se. The molecule has 8 heteroatoms. The summed E-state index contributed by atoms with van der Waals surface area (Å²) in [6.45, 7) is 1.67. The third kappa shape index (κ3) is 7.44. The van der Waals surface area contributed by atoms with Gasteiger partial charge < -0.3 is 0 Å². The van der Waals surface area contributed by atoms with Gasteiger partial charge in [0.25, 0.3) is 0 Å². The van der Waals surface area contributed by atoms with Crippen LogP contribution in [0.1, 0.15) is 13.8 Å². The summed E-state index contributed by atoms with van der Waals surface area (Å²) in [4.78, 5) is 12.2. The van der Waals surface area contributed by atoms with Crippen LogP contribution in [0.15, 0.2) is 54.6 Å². The molecule has 2 rings (SSSR count). The quantitative estimate of drug-likeness (QED) is 0.406. The summed E-state index contributed by atoms with van der Waals surface area (Å²) < 4.78 is 45.0. The number of carbonyl (C=O) groups excluding carboxylic acids is 1. The second-order valence-electron chi connectivity index (χ2n) is 6.31. The van der Waals surface area contributed by atoms with Gasteiger partial charge in [0, 0.05) is 0 Å². The van der Waals surface area contributed by atoms with E-state index in [9.17, 15) is 18.0 Å². The number of alkyl halides is 3. The molecule has 146 valence electrons. The van der Waals surface area contributed by atoms with Crippen molar-refractivity contribution in [1.82, 2.24) is 0 Å². The van der Waals surface area contributed by atoms with Crippen molar-refractivity contribution < 1.29 is 22.7 Å². The number of benzene rings is 2. The number of halogens is 4. The summed E-state index contributed by atoms with van der Waals surface area (Å²) in [5, 5.41) is 2.80. The molecule has 0 aliphatic heterocycles. The summed E-state index contributed by atoms with van der Waals surface area (Å²) in [6, 6.07) is 16.5. The Kier molecular flexibility index (Phi) is 7.73. The van der Waals surface area contributed by atoms with Crippen molar-refractivity contribution in [2.45, 2.75) is 30.4 Å². The number of hydrogen-bond donors (Lipinski definition) is 1. The topological polar surface area (TPSA) is 38.3 Å². The summed E-state index contributed by atoms with van der Waals surface area (Å²) in [5.74, 6) is -0.354. The third-order valence-electron chi connectivity index (χ3n) is 3.59. The van der Waals surface area contributed by atoms with Gasteiger partial charge in [-0.2, -0.15) is 0 Å². The van der Waals surface area contributed by atoms with Crippen molar-refractivity contribution in [2.24, 2.45) is 0 Å². The Labute approximate surface area is 176 Å². The first-order chi connectivity index (χ1) is 12.6. The van der Waals surface area contributed by atoms with Crippen molar-refractivity contribution in [2.75, 3.05) is 11.9 Å². The molecule has 0 bridgehead atoms. The monoisotopic (exact) mass is 557 g/mol. The van der Waals surface area contributed by atoms with E-state index in [1.54, 1.807) is 12.1 Å². The molecule has 0 spiro atoms. The average Bonchev–Trinajstić information content (AvgIpc) is 2.60. The summed E-state index contributed by atoms with van der Waals surface area (Å²) in [6.07, 6.45) is -4.45. The van der Waals surface area contributed by atoms with Crippen LogP contribution in [0, 0.1) is 3.57 Å². The Balaban J connectivity index is 2.22. The Bertz CT molecular complexity index is 752. The van der Waals surface area contributed by atoms with Crippen LogP contribution in [0.5, 0.6) is 0 Å². The Morgan fingerprint density at radius 3 is 2.26 bits per heavy atom. The zero-order valence-corrected chi connectivity index (χ0v) is 18.6. The predicted molar refractivity (Wildman–Crippen MR) is 109 cm³/mol. The molecule has 0 aliphatic carbocycles. The van der Waals surface area contributed by atoms with E-state index in [0.717, 1.165) is 8.03 Å². The zero-order valence-electron chi connectivity index (χ0n) is 14.7. The number of carbonyl (C=O) groups is 1. The Morgan fingerprint density at radius 2 is 1.70 bits per heavy atom. The van der Waals surface area contributed by atoms with E-state index in [4.69, 9.17) is 4.74 Å². The molecule has 0 radical (unpaired) electrons. The van der Waals surface area contributed by atoms with Gasteiger partial charge in [0.1, 0.15) is 0 Å². The average molecular weight is 556 g/mol. The Morgan fingerprint density at radius 1 is 1.11 bits per heavy atom. The molecule has 1 atom stereocenters. The van der Waals surface area contributed by atoms with E-state index in [-0.39, 0.29) is 5.91 Å². The number of amides is 1. The fraction of sp³-hybridized carbons (Fsp3) is 0.316. The van der Waals surface area contributed by atoms with Crippen molar-refractivity contribution in [3.63, 3.8) is 0 Å². The van der Waals surface area contributed by atoms with Crippen LogP contribution in [-0.4, -0.2) is 39.2 Å². The minimum atomic E-state index is -4.45. The van der Waals surface area contributed by atoms with Gasteiger partial charge in [0.05, 0.1) is 0 Å². The molecule has 0 aromatic heterocycles. The van der Waals surface area contributed by atoms with Crippen molar-refractivity contribution in [1.29, 1.82) is 0 Å². The summed E-state index contributed by atoms with van der Waals surface area (Å²) in [7, 11) is 0. The van der Waals surface area contributed by atoms with Crippen LogP contribution in [0.25, 0.3) is 0 Å². The molecule has 3 nitrogen and oxygen atoms in total. The van der Waals surface area contributed by atoms with Gasteiger partial charge in [-0.3, -0.25) is 0 Å². The van der Waals surface area contributed by atoms with Gasteiger partial charge in [0.15, 0.2) is 0 Å². The fourth-order valence-electron chi connectivity index (χ4n) is 2.23. The summed E-state index contributed by atoms with van der Waals surface area (Å²) in [5.41, 5.74) is -0.681. The van der Waals surface area contributed by atoms with Crippen LogP contribution in [0.3, 0.4) is 0 Å². The number of anilines is 1. The van der Waals surface area contributed by atoms with Gasteiger partial charge in [-0.25, -0.2) is 0 Å². The van der Waals surface area contributed by atoms with E-state index in [1.807, 2.05) is 42.5 Å². The molecule has 1 N–H and O–H groups in total. The fourth-order valence-corrected chi connectivity index (χ4v) is 4.91. The predicted octanol–water partition coefficient (Wildman–Crippen LogP) is 4.41. The van der Waals surface area contributed by atoms with Crippen LogP contribution >= 0.6 is 22.6 Å². The van der Waals surface area contributed by atoms with Crippen molar-refractivity contribution >= 4 is 53.6 Å². The third-order valence-corrected chi connectivity index (χ3v) is 7.58. The molecular weight excluding hydrogens is 537 g/mol. The SMILES string of the molecule is CC(C)(OCC(F)(F)F)C([Se]c1ccccc1)C(=O)Nc1ccc(I)cc1. The molecule has 1 unspecified atom stereocenters. The normalized spacial score (nSPS) is 13.3. The van der Waals surface area contributed by atoms with E-state index >= 15 is 0 Å². The molecule has 2 aromatic rings. The maximum absolute atomic E-state index is 12.9. The molecule has 1 amide bonds. The molecule has 2 aromatic carbocycles. The number of nitrogens with one attached hydrogen (secondary N) is 1. The van der Waals surface area contributed by atoms with E-state index in [0.29, 0.717) is 5.69 Å². The van der Waals surface area contributed by atoms with Gasteiger partial charge in [-0.1, -0.05) is 0 Å². The minimum absolute atomic E-state index is 0.354. The molecule has 0 heterocycles. The van der Waals surface area contributed by atoms with Crippen LogP contribution in [0.4, 0.5) is 18.9 Å². The summed E-state index contributed by atoms with van der Waals surface area (Å²) >= 11 is 1.74. The van der Waals surface area contributed by atoms with E-state index in [2.05, 4.69) is 27.9 Å². The molecule has 0 saturated heterocycles. The van der Waals surface area contributed by atoms with Gasteiger partial charge in [-0.15, -0.1) is 0 Å². The van der Waals surface area contributed by atoms with Gasteiger partial charge in [-0.05, 0) is 0 Å². The first kappa shape index (κ1) is 22.2.